The van der Waals surface area contributed by atoms with Crippen molar-refractivity contribution >= 4 is 17.2 Å². The van der Waals surface area contributed by atoms with Crippen molar-refractivity contribution < 1.29 is 4.79 Å². The first-order valence-electron chi connectivity index (χ1n) is 6.06. The number of carbonyl (C=O) groups excluding carboxylic acids is 1. The number of nitrogens with zero attached hydrogens (tertiary/aromatic N) is 1. The number of nitrogens with one attached hydrogen (secondary N) is 2. The van der Waals surface area contributed by atoms with Gasteiger partial charge in [-0.1, -0.05) is 6.07 Å². The Morgan fingerprint density at radius 1 is 1.61 bits per heavy atom. The van der Waals surface area contributed by atoms with Crippen LogP contribution in [0.4, 0.5) is 0 Å². The number of aryl methyl sites for hydroxylation is 1. The van der Waals surface area contributed by atoms with Crippen LogP contribution in [-0.4, -0.2) is 15.9 Å². The Bertz CT molecular complexity index is 464. The molecule has 0 fully saturated rings. The number of hydrogen-bond acceptors (Lipinski definition) is 3. The largest absolute Gasteiger partial charge is 0.347 e. The second kappa shape index (κ2) is 6.35. The van der Waals surface area contributed by atoms with E-state index in [2.05, 4.69) is 26.7 Å². The predicted octanol–water partition coefficient (Wildman–Crippen LogP) is 2.67. The first-order chi connectivity index (χ1) is 8.75. The molecule has 0 radical (unpaired) electrons. The fraction of sp³-hybridized carbons (Fsp3) is 0.385. The molecule has 0 aliphatic rings. The molecule has 0 saturated heterocycles. The topological polar surface area (TPSA) is 57.8 Å². The number of rotatable bonds is 6. The molecule has 4 nitrogen and oxygen atoms in total. The Morgan fingerprint density at radius 3 is 3.17 bits per heavy atom. The van der Waals surface area contributed by atoms with Crippen molar-refractivity contribution in [3.05, 3.63) is 40.6 Å². The first-order valence-corrected chi connectivity index (χ1v) is 6.94. The molecule has 1 atom stereocenters. The van der Waals surface area contributed by atoms with E-state index in [1.807, 2.05) is 13.0 Å². The molecule has 0 aliphatic carbocycles. The summed E-state index contributed by atoms with van der Waals surface area (Å²) in [5.41, 5.74) is 0. The van der Waals surface area contributed by atoms with Gasteiger partial charge in [0.15, 0.2) is 0 Å². The van der Waals surface area contributed by atoms with Crippen LogP contribution < -0.4 is 5.32 Å². The van der Waals surface area contributed by atoms with Gasteiger partial charge in [0.1, 0.15) is 5.82 Å². The highest BCUT2D eigenvalue weighted by molar-refractivity contribution is 7.09. The number of thiophene rings is 1. The van der Waals surface area contributed by atoms with Crippen LogP contribution in [0.5, 0.6) is 0 Å². The van der Waals surface area contributed by atoms with Crippen molar-refractivity contribution in [1.82, 2.24) is 15.3 Å². The zero-order valence-corrected chi connectivity index (χ0v) is 11.2. The highest BCUT2D eigenvalue weighted by Gasteiger charge is 2.10. The van der Waals surface area contributed by atoms with E-state index in [1.165, 1.54) is 4.88 Å². The van der Waals surface area contributed by atoms with Crippen LogP contribution in [0.3, 0.4) is 0 Å². The van der Waals surface area contributed by atoms with E-state index in [9.17, 15) is 4.79 Å². The van der Waals surface area contributed by atoms with Crippen LogP contribution in [0.25, 0.3) is 0 Å². The molecule has 2 aromatic rings. The molecule has 1 amide bonds. The number of aromatic amines is 1. The molecule has 0 aromatic carbocycles. The highest BCUT2D eigenvalue weighted by Crippen LogP contribution is 2.12. The Labute approximate surface area is 110 Å². The first kappa shape index (κ1) is 12.8. The number of imidazole rings is 1. The molecule has 2 rings (SSSR count). The Balaban J connectivity index is 1.69. The summed E-state index contributed by atoms with van der Waals surface area (Å²) in [6.45, 7) is 1.93. The summed E-state index contributed by atoms with van der Waals surface area (Å²) in [4.78, 5) is 20.2. The van der Waals surface area contributed by atoms with Crippen LogP contribution in [0.1, 0.15) is 36.5 Å². The number of carbonyl (C=O) groups is 1. The number of aromatic nitrogens is 2. The van der Waals surface area contributed by atoms with E-state index >= 15 is 0 Å². The van der Waals surface area contributed by atoms with Crippen LogP contribution >= 0.6 is 11.3 Å². The second-order valence-corrected chi connectivity index (χ2v) is 5.23. The summed E-state index contributed by atoms with van der Waals surface area (Å²) in [7, 11) is 0. The van der Waals surface area contributed by atoms with Crippen LogP contribution in [-0.2, 0) is 11.2 Å². The maximum absolute atomic E-state index is 11.7. The monoisotopic (exact) mass is 263 g/mol. The van der Waals surface area contributed by atoms with Gasteiger partial charge in [-0.15, -0.1) is 11.3 Å². The summed E-state index contributed by atoms with van der Waals surface area (Å²) in [5, 5.41) is 5.00. The number of hydrogen-bond donors (Lipinski definition) is 2. The van der Waals surface area contributed by atoms with Crippen molar-refractivity contribution in [3.63, 3.8) is 0 Å². The summed E-state index contributed by atoms with van der Waals surface area (Å²) in [6, 6.07) is 4.09. The van der Waals surface area contributed by atoms with Gasteiger partial charge in [0, 0.05) is 23.7 Å². The van der Waals surface area contributed by atoms with E-state index in [4.69, 9.17) is 0 Å². The van der Waals surface area contributed by atoms with Gasteiger partial charge in [0.2, 0.25) is 5.91 Å². The van der Waals surface area contributed by atoms with Crippen molar-refractivity contribution in [2.45, 2.75) is 32.2 Å². The molecule has 5 heteroatoms. The Kier molecular flexibility index (Phi) is 4.52. The van der Waals surface area contributed by atoms with Crippen molar-refractivity contribution in [1.29, 1.82) is 0 Å². The van der Waals surface area contributed by atoms with Crippen molar-refractivity contribution in [2.75, 3.05) is 0 Å². The molecular formula is C13H17N3OS. The average molecular weight is 263 g/mol. The minimum absolute atomic E-state index is 0.0609. The maximum Gasteiger partial charge on any atom is 0.220 e. The molecule has 18 heavy (non-hydrogen) atoms. The van der Waals surface area contributed by atoms with Crippen LogP contribution in [0, 0.1) is 0 Å². The van der Waals surface area contributed by atoms with Gasteiger partial charge >= 0.3 is 0 Å². The second-order valence-electron chi connectivity index (χ2n) is 4.20. The number of H-pyrrole nitrogens is 1. The van der Waals surface area contributed by atoms with E-state index < -0.39 is 0 Å². The van der Waals surface area contributed by atoms with E-state index in [0.29, 0.717) is 6.42 Å². The normalized spacial score (nSPS) is 12.3. The molecule has 2 heterocycles. The van der Waals surface area contributed by atoms with Gasteiger partial charge < -0.3 is 10.3 Å². The molecule has 0 aliphatic heterocycles. The maximum atomic E-state index is 11.7. The van der Waals surface area contributed by atoms with Gasteiger partial charge in [0.05, 0.1) is 6.04 Å². The standard InChI is InChI=1S/C13H17N3OS/c1-10(13-14-7-8-15-13)16-12(17)6-2-4-11-5-3-9-18-11/h3,5,7-10H,2,4,6H2,1H3,(H,14,15)(H,16,17). The van der Waals surface area contributed by atoms with Gasteiger partial charge in [-0.2, -0.15) is 0 Å². The smallest absolute Gasteiger partial charge is 0.220 e. The molecule has 0 saturated carbocycles. The minimum Gasteiger partial charge on any atom is -0.347 e. The molecule has 1 unspecified atom stereocenters. The fourth-order valence-corrected chi connectivity index (χ4v) is 2.53. The Hall–Kier alpha value is -1.62. The lowest BCUT2D eigenvalue weighted by Crippen LogP contribution is -2.27. The van der Waals surface area contributed by atoms with E-state index in [1.54, 1.807) is 23.7 Å². The molecule has 0 bridgehead atoms. The quantitative estimate of drug-likeness (QED) is 0.841. The third-order valence-electron chi connectivity index (χ3n) is 2.71. The summed E-state index contributed by atoms with van der Waals surface area (Å²) >= 11 is 1.74. The lowest BCUT2D eigenvalue weighted by Gasteiger charge is -2.11. The fourth-order valence-electron chi connectivity index (χ4n) is 1.77. The minimum atomic E-state index is -0.0609. The van der Waals surface area contributed by atoms with Gasteiger partial charge in [0.25, 0.3) is 0 Å². The summed E-state index contributed by atoms with van der Waals surface area (Å²) < 4.78 is 0. The summed E-state index contributed by atoms with van der Waals surface area (Å²) in [5.74, 6) is 0.872. The third-order valence-corrected chi connectivity index (χ3v) is 3.65. The average Bonchev–Trinajstić information content (AvgIpc) is 3.02. The molecule has 2 aromatic heterocycles. The van der Waals surface area contributed by atoms with Gasteiger partial charge in [-0.05, 0) is 31.2 Å². The van der Waals surface area contributed by atoms with Crippen LogP contribution in [0.2, 0.25) is 0 Å². The third kappa shape index (κ3) is 3.70. The predicted molar refractivity (Wildman–Crippen MR) is 72.4 cm³/mol. The van der Waals surface area contributed by atoms with Gasteiger partial charge in [-0.25, -0.2) is 4.98 Å². The van der Waals surface area contributed by atoms with Crippen molar-refractivity contribution in [3.8, 4) is 0 Å². The van der Waals surface area contributed by atoms with Crippen LogP contribution in [0.15, 0.2) is 29.9 Å². The van der Waals surface area contributed by atoms with E-state index in [0.717, 1.165) is 18.7 Å². The Morgan fingerprint density at radius 2 is 2.50 bits per heavy atom. The molecule has 0 spiro atoms. The SMILES string of the molecule is CC(NC(=O)CCCc1cccs1)c1ncc[nH]1. The lowest BCUT2D eigenvalue weighted by molar-refractivity contribution is -0.121. The molecule has 2 N–H and O–H groups in total. The zero-order chi connectivity index (χ0) is 12.8. The van der Waals surface area contributed by atoms with E-state index in [-0.39, 0.29) is 11.9 Å². The summed E-state index contributed by atoms with van der Waals surface area (Å²) in [6.07, 6.45) is 5.87. The highest BCUT2D eigenvalue weighted by atomic mass is 32.1. The zero-order valence-electron chi connectivity index (χ0n) is 10.3. The number of amides is 1. The lowest BCUT2D eigenvalue weighted by atomic mass is 10.2. The van der Waals surface area contributed by atoms with Crippen molar-refractivity contribution in [2.24, 2.45) is 0 Å². The molecule has 96 valence electrons. The molecular weight excluding hydrogens is 246 g/mol. The van der Waals surface area contributed by atoms with Gasteiger partial charge in [-0.3, -0.25) is 4.79 Å².